The minimum absolute atomic E-state index is 0.146. The number of ketones is 1. The maximum atomic E-state index is 12.8. The van der Waals surface area contributed by atoms with E-state index in [-0.39, 0.29) is 12.2 Å². The lowest BCUT2D eigenvalue weighted by Crippen LogP contribution is -2.61. The lowest BCUT2D eigenvalue weighted by atomic mass is 9.58. The summed E-state index contributed by atoms with van der Waals surface area (Å²) in [5.74, 6) is 0.720. The molecule has 210 valence electrons. The van der Waals surface area contributed by atoms with Crippen LogP contribution in [0.3, 0.4) is 0 Å². The van der Waals surface area contributed by atoms with Crippen molar-refractivity contribution in [2.45, 2.75) is 49.4 Å². The van der Waals surface area contributed by atoms with Crippen LogP contribution >= 0.6 is 15.9 Å². The second kappa shape index (κ2) is 10.8. The summed E-state index contributed by atoms with van der Waals surface area (Å²) in [6, 6.07) is 14.5. The van der Waals surface area contributed by atoms with Gasteiger partial charge in [0.05, 0.1) is 5.41 Å². The Labute approximate surface area is 246 Å². The Morgan fingerprint density at radius 3 is 2.54 bits per heavy atom. The number of alkyl halides is 1. The maximum Gasteiger partial charge on any atom is 0.328 e. The SMILES string of the molecule is CN(C)c1ccc(-c2nc3cccnc3n2-c2ccc(C[C@H](N=C3C(Br)C(=O)C34CCCCC4)C(=O)O)cc2)cn1. The zero-order chi connectivity index (χ0) is 28.7. The summed E-state index contributed by atoms with van der Waals surface area (Å²) in [7, 11) is 3.89. The highest BCUT2D eigenvalue weighted by molar-refractivity contribution is 9.10. The van der Waals surface area contributed by atoms with Crippen molar-refractivity contribution in [2.75, 3.05) is 19.0 Å². The van der Waals surface area contributed by atoms with Gasteiger partial charge in [-0.3, -0.25) is 14.4 Å². The lowest BCUT2D eigenvalue weighted by molar-refractivity contribution is -0.138. The van der Waals surface area contributed by atoms with E-state index < -0.39 is 22.3 Å². The topological polar surface area (TPSA) is 114 Å². The lowest BCUT2D eigenvalue weighted by Gasteiger charge is -2.47. The summed E-state index contributed by atoms with van der Waals surface area (Å²) in [6.07, 6.45) is 8.34. The fourth-order valence-corrected chi connectivity index (χ4v) is 6.99. The van der Waals surface area contributed by atoms with Gasteiger partial charge in [-0.1, -0.05) is 47.3 Å². The number of imidazole rings is 1. The number of hydrogen-bond acceptors (Lipinski definition) is 7. The number of halogens is 1. The van der Waals surface area contributed by atoms with E-state index in [0.29, 0.717) is 5.71 Å². The second-order valence-corrected chi connectivity index (χ2v) is 11.9. The number of hydrogen-bond donors (Lipinski definition) is 1. The summed E-state index contributed by atoms with van der Waals surface area (Å²) >= 11 is 3.46. The molecular weight excluding hydrogens is 584 g/mol. The van der Waals surface area contributed by atoms with Crippen molar-refractivity contribution in [2.24, 2.45) is 10.4 Å². The first-order valence-corrected chi connectivity index (χ1v) is 14.8. The zero-order valence-corrected chi connectivity index (χ0v) is 24.6. The first-order chi connectivity index (χ1) is 19.8. The van der Waals surface area contributed by atoms with Gasteiger partial charge in [0.2, 0.25) is 0 Å². The Morgan fingerprint density at radius 1 is 1.12 bits per heavy atom. The van der Waals surface area contributed by atoms with Crippen molar-refractivity contribution < 1.29 is 14.7 Å². The Bertz CT molecular complexity index is 1640. The number of carbonyl (C=O) groups excluding carboxylic acids is 1. The van der Waals surface area contributed by atoms with Gasteiger partial charge in [0.1, 0.15) is 22.0 Å². The van der Waals surface area contributed by atoms with Crippen molar-refractivity contribution in [3.8, 4) is 17.1 Å². The number of Topliss-reactive ketones (excluding diaryl/α,β-unsaturated/α-hetero) is 1. The van der Waals surface area contributed by atoms with Gasteiger partial charge in [-0.05, 0) is 54.8 Å². The van der Waals surface area contributed by atoms with E-state index in [1.165, 1.54) is 0 Å². The smallest absolute Gasteiger partial charge is 0.328 e. The summed E-state index contributed by atoms with van der Waals surface area (Å²) in [5, 5.41) is 10.0. The van der Waals surface area contributed by atoms with Crippen molar-refractivity contribution >= 4 is 50.4 Å². The molecule has 2 saturated carbocycles. The highest BCUT2D eigenvalue weighted by atomic mass is 79.9. The molecule has 2 aliphatic carbocycles. The van der Waals surface area contributed by atoms with Gasteiger partial charge in [0.25, 0.3) is 0 Å². The highest BCUT2D eigenvalue weighted by Gasteiger charge is 2.58. The molecule has 3 heterocycles. The van der Waals surface area contributed by atoms with Gasteiger partial charge in [-0.15, -0.1) is 0 Å². The predicted molar refractivity (Wildman–Crippen MR) is 162 cm³/mol. The fourth-order valence-electron chi connectivity index (χ4n) is 6.00. The standard InChI is InChI=1S/C31H31BrN6O3/c1-37(2)24-13-10-20(18-34-24)28-36-22-7-6-16-33-29(22)38(28)21-11-8-19(9-12-21)17-23(30(40)41)35-26-25(32)27(39)31(26)14-4-3-5-15-31/h6-13,16,18,23,25H,3-5,14-15,17H2,1-2H3,(H,40,41)/t23-,25?/m0/s1. The number of carboxylic acid groups (broad SMARTS) is 1. The zero-order valence-electron chi connectivity index (χ0n) is 23.0. The van der Waals surface area contributed by atoms with Crippen LogP contribution in [-0.4, -0.2) is 67.1 Å². The van der Waals surface area contributed by atoms with Gasteiger partial charge in [0.15, 0.2) is 17.5 Å². The third-order valence-electron chi connectivity index (χ3n) is 8.22. The fraction of sp³-hybridized carbons (Fsp3) is 0.355. The molecule has 0 radical (unpaired) electrons. The molecule has 0 aliphatic heterocycles. The van der Waals surface area contributed by atoms with Crippen LogP contribution in [0.1, 0.15) is 37.7 Å². The molecule has 1 N–H and O–H groups in total. The number of aliphatic carboxylic acids is 1. The third-order valence-corrected chi connectivity index (χ3v) is 9.07. The van der Waals surface area contributed by atoms with E-state index in [1.54, 1.807) is 12.4 Å². The highest BCUT2D eigenvalue weighted by Crippen LogP contribution is 2.49. The van der Waals surface area contributed by atoms with Crippen LogP contribution in [-0.2, 0) is 16.0 Å². The number of aromatic nitrogens is 4. The quantitative estimate of drug-likeness (QED) is 0.282. The van der Waals surface area contributed by atoms with Crippen molar-refractivity contribution in [1.29, 1.82) is 0 Å². The molecule has 2 fully saturated rings. The van der Waals surface area contributed by atoms with E-state index in [4.69, 9.17) is 4.98 Å². The average Bonchev–Trinajstić information content (AvgIpc) is 3.39. The average molecular weight is 616 g/mol. The summed E-state index contributed by atoms with van der Waals surface area (Å²) < 4.78 is 1.99. The Hall–Kier alpha value is -3.92. The van der Waals surface area contributed by atoms with Crippen molar-refractivity contribution in [3.05, 3.63) is 66.5 Å². The number of rotatable bonds is 7. The molecule has 1 aromatic carbocycles. The third kappa shape index (κ3) is 4.84. The number of benzene rings is 1. The van der Waals surface area contributed by atoms with Crippen molar-refractivity contribution in [1.82, 2.24) is 19.5 Å². The molecule has 6 rings (SSSR count). The second-order valence-electron chi connectivity index (χ2n) is 11.0. The van der Waals surface area contributed by atoms with Gasteiger partial charge in [-0.25, -0.2) is 19.7 Å². The molecule has 1 spiro atoms. The van der Waals surface area contributed by atoms with Crippen LogP contribution in [0, 0.1) is 5.41 Å². The normalized spacial score (nSPS) is 19.8. The predicted octanol–water partition coefficient (Wildman–Crippen LogP) is 5.28. The molecule has 41 heavy (non-hydrogen) atoms. The van der Waals surface area contributed by atoms with E-state index in [9.17, 15) is 14.7 Å². The first kappa shape index (κ1) is 27.3. The van der Waals surface area contributed by atoms with E-state index >= 15 is 0 Å². The van der Waals surface area contributed by atoms with Crippen LogP contribution in [0.5, 0.6) is 0 Å². The van der Waals surface area contributed by atoms with E-state index in [2.05, 4.69) is 30.9 Å². The molecule has 3 aromatic heterocycles. The van der Waals surface area contributed by atoms with E-state index in [1.807, 2.05) is 72.1 Å². The summed E-state index contributed by atoms with van der Waals surface area (Å²) in [5.41, 5.74) is 4.17. The summed E-state index contributed by atoms with van der Waals surface area (Å²) in [4.78, 5) is 45.2. The Balaban J connectivity index is 1.31. The van der Waals surface area contributed by atoms with E-state index in [0.717, 1.165) is 71.7 Å². The minimum Gasteiger partial charge on any atom is -0.480 e. The van der Waals surface area contributed by atoms with Gasteiger partial charge >= 0.3 is 5.97 Å². The molecule has 2 aliphatic rings. The van der Waals surface area contributed by atoms with Crippen molar-refractivity contribution in [3.63, 3.8) is 0 Å². The minimum atomic E-state index is -0.993. The van der Waals surface area contributed by atoms with Crippen LogP contribution < -0.4 is 4.90 Å². The number of nitrogens with zero attached hydrogens (tertiary/aromatic N) is 6. The molecular formula is C31H31BrN6O3. The molecule has 10 heteroatoms. The van der Waals surface area contributed by atoms with Crippen LogP contribution in [0.2, 0.25) is 0 Å². The summed E-state index contributed by atoms with van der Waals surface area (Å²) in [6.45, 7) is 0. The number of fused-ring (bicyclic) bond motifs is 1. The molecule has 1 unspecified atom stereocenters. The molecule has 0 bridgehead atoms. The Kier molecular flexibility index (Phi) is 7.19. The largest absolute Gasteiger partial charge is 0.480 e. The number of aliphatic imine (C=N–C) groups is 1. The van der Waals surface area contributed by atoms with Gasteiger partial charge in [0, 0.05) is 49.9 Å². The number of pyridine rings is 2. The van der Waals surface area contributed by atoms with Crippen LogP contribution in [0.4, 0.5) is 5.82 Å². The molecule has 4 aromatic rings. The van der Waals surface area contributed by atoms with Gasteiger partial charge in [-0.2, -0.15) is 0 Å². The number of anilines is 1. The van der Waals surface area contributed by atoms with Gasteiger partial charge < -0.3 is 10.0 Å². The van der Waals surface area contributed by atoms with Crippen LogP contribution in [0.15, 0.2) is 65.9 Å². The Morgan fingerprint density at radius 2 is 1.88 bits per heavy atom. The molecule has 0 saturated heterocycles. The molecule has 9 nitrogen and oxygen atoms in total. The van der Waals surface area contributed by atoms with Crippen LogP contribution in [0.25, 0.3) is 28.2 Å². The monoisotopic (exact) mass is 614 g/mol. The number of carboxylic acids is 1. The first-order valence-electron chi connectivity index (χ1n) is 13.8. The maximum absolute atomic E-state index is 12.8. The molecule has 0 amide bonds. The molecule has 2 atom stereocenters. The number of carbonyl (C=O) groups is 2.